The summed E-state index contributed by atoms with van der Waals surface area (Å²) in [6.45, 7) is 0.448. The Morgan fingerprint density at radius 1 is 0.685 bits per heavy atom. The Hall–Kier alpha value is -4.70. The molecule has 54 heavy (non-hydrogen) atoms. The molecule has 0 fully saturated rings. The van der Waals surface area contributed by atoms with Gasteiger partial charge in [0.25, 0.3) is 0 Å². The van der Waals surface area contributed by atoms with Gasteiger partial charge >= 0.3 is 12.1 Å². The van der Waals surface area contributed by atoms with E-state index in [2.05, 4.69) is 30.4 Å². The number of aromatic hydroxyl groups is 2. The van der Waals surface area contributed by atoms with Gasteiger partial charge in [-0.1, -0.05) is 78.9 Å². The Morgan fingerprint density at radius 2 is 1.37 bits per heavy atom. The lowest BCUT2D eigenvalue weighted by atomic mass is 9.88. The summed E-state index contributed by atoms with van der Waals surface area (Å²) in [5, 5.41) is 19.3. The summed E-state index contributed by atoms with van der Waals surface area (Å²) in [7, 11) is -1.42. The highest BCUT2D eigenvalue weighted by atomic mass is 32.2. The minimum absolute atomic E-state index is 0.164. The number of halogens is 5. The molecule has 2 aliphatic carbocycles. The van der Waals surface area contributed by atoms with Gasteiger partial charge in [0.2, 0.25) is 0 Å². The molecule has 0 aliphatic heterocycles. The predicted octanol–water partition coefficient (Wildman–Crippen LogP) is 11.8. The van der Waals surface area contributed by atoms with Crippen LogP contribution in [0.4, 0.5) is 22.0 Å². The van der Waals surface area contributed by atoms with Crippen molar-refractivity contribution in [2.45, 2.75) is 69.9 Å². The molecule has 0 amide bonds. The summed E-state index contributed by atoms with van der Waals surface area (Å²) in [5.74, 6) is -3.33. The molecule has 286 valence electrons. The minimum Gasteiger partial charge on any atom is -0.508 e. The van der Waals surface area contributed by atoms with E-state index in [4.69, 9.17) is 4.74 Å². The third-order valence-corrected chi connectivity index (χ3v) is 10.8. The topological polar surface area (TPSA) is 66.8 Å². The van der Waals surface area contributed by atoms with Crippen LogP contribution in [0.15, 0.2) is 103 Å². The van der Waals surface area contributed by atoms with E-state index in [-0.39, 0.29) is 17.3 Å². The average Bonchev–Trinajstić information content (AvgIpc) is 3.49. The van der Waals surface area contributed by atoms with Crippen LogP contribution in [-0.2, 0) is 17.2 Å². The monoisotopic (exact) mass is 764 g/mol. The first-order valence-electron chi connectivity index (χ1n) is 18.2. The molecule has 4 aromatic carbocycles. The number of ether oxygens (including phenoxy) is 1. The fourth-order valence-electron chi connectivity index (χ4n) is 6.51. The second-order valence-corrected chi connectivity index (χ2v) is 15.1. The van der Waals surface area contributed by atoms with Crippen molar-refractivity contribution < 1.29 is 41.1 Å². The second-order valence-electron chi connectivity index (χ2n) is 13.4. The zero-order valence-electron chi connectivity index (χ0n) is 30.0. The number of alkyl halides is 5. The fraction of sp³-hybridized carbons (Fsp3) is 0.318. The van der Waals surface area contributed by atoms with Crippen LogP contribution in [0.5, 0.6) is 17.2 Å². The van der Waals surface area contributed by atoms with Gasteiger partial charge in [0.15, 0.2) is 0 Å². The van der Waals surface area contributed by atoms with Gasteiger partial charge in [-0.3, -0.25) is 4.21 Å². The van der Waals surface area contributed by atoms with Crippen LogP contribution in [0.2, 0.25) is 0 Å². The maximum Gasteiger partial charge on any atom is 0.453 e. The third kappa shape index (κ3) is 11.4. The number of aryl methyl sites for hydroxylation is 1. The number of hydrogen-bond donors (Lipinski definition) is 2. The Balaban J connectivity index is 0.000000392. The third-order valence-electron chi connectivity index (χ3n) is 9.30. The van der Waals surface area contributed by atoms with Crippen LogP contribution in [0.1, 0.15) is 84.7 Å². The van der Waals surface area contributed by atoms with Crippen LogP contribution in [0, 0.1) is 0 Å². The van der Waals surface area contributed by atoms with E-state index in [0.717, 1.165) is 53.5 Å². The molecule has 0 saturated carbocycles. The molecule has 4 aromatic rings. The zero-order valence-corrected chi connectivity index (χ0v) is 30.8. The van der Waals surface area contributed by atoms with Gasteiger partial charge in [0, 0.05) is 28.7 Å². The van der Waals surface area contributed by atoms with Crippen molar-refractivity contribution in [3.8, 4) is 17.2 Å². The lowest BCUT2D eigenvalue weighted by Gasteiger charge is -2.19. The van der Waals surface area contributed by atoms with Crippen molar-refractivity contribution in [3.63, 3.8) is 0 Å². The van der Waals surface area contributed by atoms with Crippen LogP contribution in [0.3, 0.4) is 0 Å². The SMILES string of the molecule is O=S(CCCCCOc1ccc(C2=C(c3ccccc3)CCCc3cc(O)ccc32)cc1)CCCC(F)(F)C(F)(F)F.Oc1ccc2c(c1)C=CCC=C2. The molecule has 0 aromatic heterocycles. The van der Waals surface area contributed by atoms with Crippen molar-refractivity contribution in [1.29, 1.82) is 0 Å². The average molecular weight is 765 g/mol. The Kier molecular flexibility index (Phi) is 14.3. The van der Waals surface area contributed by atoms with Gasteiger partial charge in [-0.2, -0.15) is 22.0 Å². The molecular weight excluding hydrogens is 720 g/mol. The summed E-state index contributed by atoms with van der Waals surface area (Å²) < 4.78 is 80.4. The Bertz CT molecular complexity index is 1950. The highest BCUT2D eigenvalue weighted by molar-refractivity contribution is 7.84. The molecule has 0 spiro atoms. The van der Waals surface area contributed by atoms with Crippen LogP contribution in [-0.4, -0.2) is 44.6 Å². The van der Waals surface area contributed by atoms with Crippen LogP contribution in [0.25, 0.3) is 23.3 Å². The van der Waals surface area contributed by atoms with E-state index in [9.17, 15) is 36.4 Å². The van der Waals surface area contributed by atoms with E-state index in [0.29, 0.717) is 37.4 Å². The number of rotatable bonds is 13. The first-order chi connectivity index (χ1) is 25.9. The molecule has 0 saturated heterocycles. The van der Waals surface area contributed by atoms with Gasteiger partial charge in [-0.05, 0) is 132 Å². The second kappa shape index (κ2) is 19.1. The number of phenols is 2. The zero-order chi connectivity index (χ0) is 38.6. The molecule has 0 heterocycles. The molecule has 2 N–H and O–H groups in total. The quantitative estimate of drug-likeness (QED) is 0.105. The standard InChI is InChI=1S/C33H35F5O3S.C11H10O/c34-32(35,33(36,37)38)19-8-22-42(40)21-6-2-5-20-41-28-16-13-25(14-17-28)31-29(24-9-3-1-4-10-24)12-7-11-26-23-27(39)15-18-30(26)31;12-11-7-6-9-4-2-1-3-5-10(9)8-11/h1,3-4,9-10,13-18,23,39H,2,5-8,11-12,19-22H2;2-8,12H,1H2. The smallest absolute Gasteiger partial charge is 0.453 e. The van der Waals surface area contributed by atoms with Gasteiger partial charge in [0.1, 0.15) is 17.2 Å². The van der Waals surface area contributed by atoms with Gasteiger partial charge < -0.3 is 14.9 Å². The number of unbranched alkanes of at least 4 members (excludes halogenated alkanes) is 2. The minimum atomic E-state index is -5.57. The highest BCUT2D eigenvalue weighted by Crippen LogP contribution is 2.41. The van der Waals surface area contributed by atoms with E-state index in [1.54, 1.807) is 18.2 Å². The normalized spacial score (nSPS) is 14.6. The van der Waals surface area contributed by atoms with Gasteiger partial charge in [-0.15, -0.1) is 0 Å². The molecule has 6 rings (SSSR count). The molecule has 0 radical (unpaired) electrons. The predicted molar refractivity (Wildman–Crippen MR) is 208 cm³/mol. The van der Waals surface area contributed by atoms with Crippen molar-refractivity contribution in [3.05, 3.63) is 137 Å². The maximum absolute atomic E-state index is 13.0. The lowest BCUT2D eigenvalue weighted by molar-refractivity contribution is -0.284. The van der Waals surface area contributed by atoms with Gasteiger partial charge in [0.05, 0.1) is 6.61 Å². The first kappa shape index (κ1) is 40.5. The summed E-state index contributed by atoms with van der Waals surface area (Å²) in [6.07, 6.45) is 6.70. The lowest BCUT2D eigenvalue weighted by Crippen LogP contribution is -2.36. The van der Waals surface area contributed by atoms with E-state index in [1.807, 2.05) is 66.7 Å². The van der Waals surface area contributed by atoms with Gasteiger partial charge in [-0.25, -0.2) is 0 Å². The molecular formula is C44H45F5O4S. The van der Waals surface area contributed by atoms with E-state index in [1.165, 1.54) is 16.7 Å². The fourth-order valence-corrected chi connectivity index (χ4v) is 7.70. The number of fused-ring (bicyclic) bond motifs is 2. The summed E-state index contributed by atoms with van der Waals surface area (Å²) in [6, 6.07) is 29.3. The van der Waals surface area contributed by atoms with Crippen molar-refractivity contribution in [1.82, 2.24) is 0 Å². The number of phenolic OH excluding ortho intramolecular Hbond substituents is 2. The van der Waals surface area contributed by atoms with Crippen LogP contribution < -0.4 is 4.74 Å². The van der Waals surface area contributed by atoms with Crippen molar-refractivity contribution >= 4 is 34.1 Å². The molecule has 0 bridgehead atoms. The molecule has 4 nitrogen and oxygen atoms in total. The largest absolute Gasteiger partial charge is 0.508 e. The number of allylic oxidation sites excluding steroid dienone is 3. The molecule has 1 atom stereocenters. The highest BCUT2D eigenvalue weighted by Gasteiger charge is 2.56. The number of hydrogen-bond acceptors (Lipinski definition) is 4. The van der Waals surface area contributed by atoms with Crippen molar-refractivity contribution in [2.75, 3.05) is 18.1 Å². The number of benzene rings is 4. The first-order valence-corrected chi connectivity index (χ1v) is 19.7. The molecule has 2 aliphatic rings. The molecule has 10 heteroatoms. The Morgan fingerprint density at radius 3 is 2.11 bits per heavy atom. The summed E-state index contributed by atoms with van der Waals surface area (Å²) in [4.78, 5) is 0. The van der Waals surface area contributed by atoms with Crippen LogP contribution >= 0.6 is 0 Å². The van der Waals surface area contributed by atoms with E-state index >= 15 is 0 Å². The van der Waals surface area contributed by atoms with E-state index < -0.39 is 35.7 Å². The Labute approximate surface area is 316 Å². The van der Waals surface area contributed by atoms with Crippen molar-refractivity contribution in [2.24, 2.45) is 0 Å². The summed E-state index contributed by atoms with van der Waals surface area (Å²) >= 11 is 0. The molecule has 1 unspecified atom stereocenters. The maximum atomic E-state index is 13.0. The summed E-state index contributed by atoms with van der Waals surface area (Å²) in [5.41, 5.74) is 9.14.